The zero-order chi connectivity index (χ0) is 16.0. The molecule has 21 heavy (non-hydrogen) atoms. The van der Waals surface area contributed by atoms with Crippen LogP contribution in [0.4, 0.5) is 0 Å². The van der Waals surface area contributed by atoms with Crippen LogP contribution in [0, 0.1) is 6.92 Å². The molecule has 8 nitrogen and oxygen atoms in total. The van der Waals surface area contributed by atoms with Crippen LogP contribution >= 0.6 is 11.3 Å². The van der Waals surface area contributed by atoms with Gasteiger partial charge in [-0.25, -0.2) is 0 Å². The van der Waals surface area contributed by atoms with Crippen molar-refractivity contribution < 1.29 is 29.4 Å². The monoisotopic (exact) mass is 314 g/mol. The van der Waals surface area contributed by atoms with Gasteiger partial charge < -0.3 is 20.4 Å². The first-order valence-corrected chi connectivity index (χ1v) is 6.67. The second-order valence-corrected chi connectivity index (χ2v) is 5.42. The third kappa shape index (κ3) is 5.61. The number of aryl methyl sites for hydroxylation is 1. The molecule has 0 saturated heterocycles. The molecule has 0 aromatic carbocycles. The van der Waals surface area contributed by atoms with Gasteiger partial charge in [-0.3, -0.25) is 19.2 Å². The normalized spacial score (nSPS) is 9.95. The fraction of sp³-hybridized carbons (Fsp3) is 0.333. The second-order valence-electron chi connectivity index (χ2n) is 4.13. The van der Waals surface area contributed by atoms with Gasteiger partial charge in [-0.1, -0.05) is 0 Å². The van der Waals surface area contributed by atoms with Gasteiger partial charge in [0.05, 0.1) is 11.4 Å². The molecule has 0 fully saturated rings. The van der Waals surface area contributed by atoms with Gasteiger partial charge in [-0.2, -0.15) is 0 Å². The summed E-state index contributed by atoms with van der Waals surface area (Å²) in [6.45, 7) is -0.109. The molecule has 0 spiro atoms. The summed E-state index contributed by atoms with van der Waals surface area (Å²) in [5.41, 5.74) is 0. The summed E-state index contributed by atoms with van der Waals surface area (Å²) in [7, 11) is 0. The molecule has 0 radical (unpaired) electrons. The van der Waals surface area contributed by atoms with E-state index < -0.39 is 43.4 Å². The Morgan fingerprint density at radius 3 is 2.14 bits per heavy atom. The third-order valence-corrected chi connectivity index (χ3v) is 3.37. The van der Waals surface area contributed by atoms with E-state index in [1.165, 1.54) is 11.3 Å². The van der Waals surface area contributed by atoms with Gasteiger partial charge in [0.1, 0.15) is 13.1 Å². The predicted octanol–water partition coefficient (Wildman–Crippen LogP) is -0.216. The number of hydrogen-bond acceptors (Lipinski definition) is 5. The summed E-state index contributed by atoms with van der Waals surface area (Å²) in [5.74, 6) is -3.90. The minimum Gasteiger partial charge on any atom is -0.480 e. The van der Waals surface area contributed by atoms with Gasteiger partial charge in [0.15, 0.2) is 0 Å². The van der Waals surface area contributed by atoms with E-state index >= 15 is 0 Å². The van der Waals surface area contributed by atoms with E-state index in [0.29, 0.717) is 9.78 Å². The molecule has 0 atom stereocenters. The quantitative estimate of drug-likeness (QED) is 0.639. The number of nitrogens with zero attached hydrogens (tertiary/aromatic N) is 1. The highest BCUT2D eigenvalue weighted by Gasteiger charge is 2.20. The van der Waals surface area contributed by atoms with Crippen molar-refractivity contribution in [3.8, 4) is 0 Å². The van der Waals surface area contributed by atoms with Crippen molar-refractivity contribution in [1.82, 2.24) is 10.2 Å². The van der Waals surface area contributed by atoms with Crippen LogP contribution in [0.3, 0.4) is 0 Å². The molecule has 9 heteroatoms. The average Bonchev–Trinajstić information content (AvgIpc) is 2.80. The SMILES string of the molecule is Cc1ccc(C(=O)NCC(=O)N(CC(=O)O)CC(=O)O)s1. The Morgan fingerprint density at radius 2 is 1.71 bits per heavy atom. The van der Waals surface area contributed by atoms with Crippen LogP contribution in [0.25, 0.3) is 0 Å². The van der Waals surface area contributed by atoms with E-state index in [2.05, 4.69) is 5.32 Å². The largest absolute Gasteiger partial charge is 0.480 e. The first-order valence-electron chi connectivity index (χ1n) is 5.85. The number of nitrogens with one attached hydrogen (secondary N) is 1. The minimum absolute atomic E-state index is 0.420. The van der Waals surface area contributed by atoms with Crippen molar-refractivity contribution in [3.05, 3.63) is 21.9 Å². The molecule has 114 valence electrons. The molecule has 0 aliphatic rings. The summed E-state index contributed by atoms with van der Waals surface area (Å²) in [6.07, 6.45) is 0. The van der Waals surface area contributed by atoms with Gasteiger partial charge in [0, 0.05) is 4.88 Å². The van der Waals surface area contributed by atoms with Gasteiger partial charge in [-0.15, -0.1) is 11.3 Å². The van der Waals surface area contributed by atoms with E-state index in [-0.39, 0.29) is 0 Å². The second kappa shape index (κ2) is 7.39. The maximum atomic E-state index is 11.7. The number of rotatable bonds is 7. The van der Waals surface area contributed by atoms with Crippen molar-refractivity contribution in [3.63, 3.8) is 0 Å². The maximum absolute atomic E-state index is 11.7. The molecule has 1 heterocycles. The lowest BCUT2D eigenvalue weighted by Gasteiger charge is -2.18. The molecule has 0 aliphatic heterocycles. The molecule has 2 amide bonds. The van der Waals surface area contributed by atoms with Crippen molar-refractivity contribution in [2.24, 2.45) is 0 Å². The van der Waals surface area contributed by atoms with Crippen LogP contribution in [0.1, 0.15) is 14.5 Å². The first kappa shape index (κ1) is 16.6. The van der Waals surface area contributed by atoms with Crippen molar-refractivity contribution in [2.45, 2.75) is 6.92 Å². The van der Waals surface area contributed by atoms with Crippen LogP contribution in [0.15, 0.2) is 12.1 Å². The fourth-order valence-corrected chi connectivity index (χ4v) is 2.25. The van der Waals surface area contributed by atoms with Crippen LogP contribution in [0.5, 0.6) is 0 Å². The first-order chi connectivity index (χ1) is 9.79. The van der Waals surface area contributed by atoms with E-state index in [0.717, 1.165) is 4.88 Å². The van der Waals surface area contributed by atoms with E-state index in [1.54, 1.807) is 12.1 Å². The fourth-order valence-electron chi connectivity index (χ4n) is 1.47. The number of carboxylic acid groups (broad SMARTS) is 2. The smallest absolute Gasteiger partial charge is 0.323 e. The van der Waals surface area contributed by atoms with E-state index in [9.17, 15) is 19.2 Å². The van der Waals surface area contributed by atoms with Gasteiger partial charge in [0.25, 0.3) is 5.91 Å². The molecule has 3 N–H and O–H groups in total. The number of hydrogen-bond donors (Lipinski definition) is 3. The Labute approximate surface area is 124 Å². The highest BCUT2D eigenvalue weighted by atomic mass is 32.1. The Morgan fingerprint density at radius 1 is 1.14 bits per heavy atom. The number of carbonyl (C=O) groups excluding carboxylic acids is 2. The maximum Gasteiger partial charge on any atom is 0.323 e. The van der Waals surface area contributed by atoms with Crippen molar-refractivity contribution in [2.75, 3.05) is 19.6 Å². The number of carbonyl (C=O) groups is 4. The van der Waals surface area contributed by atoms with Crippen LogP contribution in [0.2, 0.25) is 0 Å². The summed E-state index contributed by atoms with van der Waals surface area (Å²) in [4.78, 5) is 46.6. The molecular weight excluding hydrogens is 300 g/mol. The summed E-state index contributed by atoms with van der Waals surface area (Å²) < 4.78 is 0. The van der Waals surface area contributed by atoms with E-state index in [1.807, 2.05) is 6.92 Å². The molecule has 0 saturated carbocycles. The molecule has 1 rings (SSSR count). The Balaban J connectivity index is 2.58. The van der Waals surface area contributed by atoms with Crippen LogP contribution < -0.4 is 5.32 Å². The molecule has 1 aromatic heterocycles. The lowest BCUT2D eigenvalue weighted by molar-refractivity contribution is -0.148. The van der Waals surface area contributed by atoms with Gasteiger partial charge in [-0.05, 0) is 19.1 Å². The summed E-state index contributed by atoms with van der Waals surface area (Å²) in [5, 5.41) is 19.6. The number of amides is 2. The highest BCUT2D eigenvalue weighted by molar-refractivity contribution is 7.13. The molecule has 0 bridgehead atoms. The number of aliphatic carboxylic acids is 2. The topological polar surface area (TPSA) is 124 Å². The zero-order valence-corrected chi connectivity index (χ0v) is 12.0. The van der Waals surface area contributed by atoms with Gasteiger partial charge >= 0.3 is 11.9 Å². The van der Waals surface area contributed by atoms with Gasteiger partial charge in [0.2, 0.25) is 5.91 Å². The summed E-state index contributed by atoms with van der Waals surface area (Å²) >= 11 is 1.25. The summed E-state index contributed by atoms with van der Waals surface area (Å²) in [6, 6.07) is 3.36. The standard InChI is InChI=1S/C12H14N2O6S/c1-7-2-3-8(21-7)12(20)13-4-9(15)14(5-10(16)17)6-11(18)19/h2-3H,4-6H2,1H3,(H,13,20)(H,16,17)(H,18,19). The average molecular weight is 314 g/mol. The molecule has 1 aromatic rings. The Bertz CT molecular complexity index is 552. The molecule has 0 unspecified atom stereocenters. The van der Waals surface area contributed by atoms with E-state index in [4.69, 9.17) is 10.2 Å². The third-order valence-electron chi connectivity index (χ3n) is 2.37. The van der Waals surface area contributed by atoms with Crippen LogP contribution in [-0.2, 0) is 14.4 Å². The van der Waals surface area contributed by atoms with Crippen molar-refractivity contribution >= 4 is 35.1 Å². The predicted molar refractivity (Wildman–Crippen MR) is 73.2 cm³/mol. The Kier molecular flexibility index (Phi) is 5.85. The highest BCUT2D eigenvalue weighted by Crippen LogP contribution is 2.14. The van der Waals surface area contributed by atoms with Crippen molar-refractivity contribution in [1.29, 1.82) is 0 Å². The van der Waals surface area contributed by atoms with Crippen LogP contribution in [-0.4, -0.2) is 58.5 Å². The lowest BCUT2D eigenvalue weighted by Crippen LogP contribution is -2.44. The number of carboxylic acids is 2. The lowest BCUT2D eigenvalue weighted by atomic mass is 10.4. The molecule has 0 aliphatic carbocycles. The zero-order valence-electron chi connectivity index (χ0n) is 11.2. The Hall–Kier alpha value is -2.42. The minimum atomic E-state index is -1.33. The molecular formula is C12H14N2O6S. The number of thiophene rings is 1.